The molecule has 29 heavy (non-hydrogen) atoms. The normalized spacial score (nSPS) is 10.7. The van der Waals surface area contributed by atoms with Crippen molar-refractivity contribution in [3.63, 3.8) is 0 Å². The van der Waals surface area contributed by atoms with Crippen LogP contribution >= 0.6 is 0 Å². The Kier molecular flexibility index (Phi) is 4.91. The molecule has 1 heterocycles. The standard InChI is InChI=1S/C23H21N3O3/c1-14-20(28-2)12-16(13-21(14)29-3)23(27)24-17-8-6-7-15(11-17)22-25-18-9-4-5-10-19(18)26-22/h4-13H,1-3H3,(H,24,27)(H,25,26). The van der Waals surface area contributed by atoms with Gasteiger partial charge in [-0.3, -0.25) is 4.79 Å². The number of aromatic amines is 1. The molecule has 0 aliphatic heterocycles. The van der Waals surface area contributed by atoms with Crippen LogP contribution in [0.3, 0.4) is 0 Å². The molecule has 2 N–H and O–H groups in total. The Balaban J connectivity index is 1.62. The number of amides is 1. The summed E-state index contributed by atoms with van der Waals surface area (Å²) >= 11 is 0. The van der Waals surface area contributed by atoms with Gasteiger partial charge in [-0.1, -0.05) is 24.3 Å². The number of H-pyrrole nitrogens is 1. The molecule has 146 valence electrons. The number of fused-ring (bicyclic) bond motifs is 1. The number of hydrogen-bond donors (Lipinski definition) is 2. The number of ether oxygens (including phenoxy) is 2. The molecule has 0 radical (unpaired) electrons. The van der Waals surface area contributed by atoms with E-state index in [1.165, 1.54) is 0 Å². The molecule has 0 spiro atoms. The third-order valence-electron chi connectivity index (χ3n) is 4.80. The van der Waals surface area contributed by atoms with Crippen molar-refractivity contribution in [2.45, 2.75) is 6.92 Å². The fourth-order valence-electron chi connectivity index (χ4n) is 3.25. The molecule has 4 aromatic rings. The third kappa shape index (κ3) is 3.65. The van der Waals surface area contributed by atoms with Crippen molar-refractivity contribution in [2.75, 3.05) is 19.5 Å². The zero-order valence-electron chi connectivity index (χ0n) is 16.4. The first-order valence-corrected chi connectivity index (χ1v) is 9.18. The number of carbonyl (C=O) groups is 1. The van der Waals surface area contributed by atoms with Crippen LogP contribution in [0.1, 0.15) is 15.9 Å². The molecule has 0 bridgehead atoms. The molecule has 4 rings (SSSR count). The minimum Gasteiger partial charge on any atom is -0.496 e. The number of nitrogens with zero attached hydrogens (tertiary/aromatic N) is 1. The van der Waals surface area contributed by atoms with Gasteiger partial charge in [0.25, 0.3) is 5.91 Å². The van der Waals surface area contributed by atoms with Crippen LogP contribution in [0.15, 0.2) is 60.7 Å². The Morgan fingerprint density at radius 2 is 1.69 bits per heavy atom. The maximum absolute atomic E-state index is 12.8. The number of anilines is 1. The van der Waals surface area contributed by atoms with Gasteiger partial charge in [-0.05, 0) is 43.3 Å². The second-order valence-electron chi connectivity index (χ2n) is 6.64. The van der Waals surface area contributed by atoms with Crippen molar-refractivity contribution >= 4 is 22.6 Å². The van der Waals surface area contributed by atoms with Crippen molar-refractivity contribution in [1.82, 2.24) is 9.97 Å². The molecule has 0 fully saturated rings. The van der Waals surface area contributed by atoms with Crippen LogP contribution < -0.4 is 14.8 Å². The predicted octanol–water partition coefficient (Wildman–Crippen LogP) is 4.81. The second kappa shape index (κ2) is 7.67. The summed E-state index contributed by atoms with van der Waals surface area (Å²) in [7, 11) is 3.14. The van der Waals surface area contributed by atoms with Crippen LogP contribution in [-0.4, -0.2) is 30.1 Å². The Morgan fingerprint density at radius 1 is 0.966 bits per heavy atom. The van der Waals surface area contributed by atoms with E-state index in [9.17, 15) is 4.79 Å². The van der Waals surface area contributed by atoms with Crippen LogP contribution in [-0.2, 0) is 0 Å². The predicted molar refractivity (Wildman–Crippen MR) is 114 cm³/mol. The average Bonchev–Trinajstić information content (AvgIpc) is 3.18. The quantitative estimate of drug-likeness (QED) is 0.515. The summed E-state index contributed by atoms with van der Waals surface area (Å²) in [5.41, 5.74) is 4.73. The van der Waals surface area contributed by atoms with E-state index >= 15 is 0 Å². The lowest BCUT2D eigenvalue weighted by molar-refractivity contribution is 0.102. The fourth-order valence-corrected chi connectivity index (χ4v) is 3.25. The molecular formula is C23H21N3O3. The monoisotopic (exact) mass is 387 g/mol. The molecule has 0 saturated carbocycles. The van der Waals surface area contributed by atoms with E-state index in [0.717, 1.165) is 28.0 Å². The molecule has 0 saturated heterocycles. The van der Waals surface area contributed by atoms with Crippen LogP contribution in [0.25, 0.3) is 22.4 Å². The van der Waals surface area contributed by atoms with Gasteiger partial charge in [-0.25, -0.2) is 4.98 Å². The van der Waals surface area contributed by atoms with Gasteiger partial charge in [-0.2, -0.15) is 0 Å². The van der Waals surface area contributed by atoms with Crippen molar-refractivity contribution in [3.8, 4) is 22.9 Å². The van der Waals surface area contributed by atoms with E-state index in [1.54, 1.807) is 26.4 Å². The van der Waals surface area contributed by atoms with E-state index in [0.29, 0.717) is 22.7 Å². The summed E-state index contributed by atoms with van der Waals surface area (Å²) in [6.45, 7) is 1.89. The maximum atomic E-state index is 12.8. The van der Waals surface area contributed by atoms with E-state index in [1.807, 2.05) is 55.5 Å². The summed E-state index contributed by atoms with van der Waals surface area (Å²) < 4.78 is 10.7. The Labute approximate surface area is 168 Å². The van der Waals surface area contributed by atoms with E-state index in [4.69, 9.17) is 9.47 Å². The van der Waals surface area contributed by atoms with Gasteiger partial charge < -0.3 is 19.8 Å². The number of carbonyl (C=O) groups excluding carboxylic acids is 1. The fraction of sp³-hybridized carbons (Fsp3) is 0.130. The highest BCUT2D eigenvalue weighted by atomic mass is 16.5. The van der Waals surface area contributed by atoms with Gasteiger partial charge in [0.1, 0.15) is 17.3 Å². The number of rotatable bonds is 5. The zero-order chi connectivity index (χ0) is 20.4. The van der Waals surface area contributed by atoms with E-state index in [-0.39, 0.29) is 5.91 Å². The number of para-hydroxylation sites is 2. The number of nitrogens with one attached hydrogen (secondary N) is 2. The minimum absolute atomic E-state index is 0.247. The molecular weight excluding hydrogens is 366 g/mol. The number of methoxy groups -OCH3 is 2. The first kappa shape index (κ1) is 18.6. The number of imidazole rings is 1. The highest BCUT2D eigenvalue weighted by Gasteiger charge is 2.14. The van der Waals surface area contributed by atoms with Gasteiger partial charge in [0, 0.05) is 22.4 Å². The number of aromatic nitrogens is 2. The lowest BCUT2D eigenvalue weighted by Gasteiger charge is -2.13. The average molecular weight is 387 g/mol. The first-order valence-electron chi connectivity index (χ1n) is 9.18. The van der Waals surface area contributed by atoms with Crippen molar-refractivity contribution < 1.29 is 14.3 Å². The molecule has 0 unspecified atom stereocenters. The van der Waals surface area contributed by atoms with Gasteiger partial charge in [0.05, 0.1) is 25.3 Å². The van der Waals surface area contributed by atoms with E-state index in [2.05, 4.69) is 15.3 Å². The van der Waals surface area contributed by atoms with E-state index < -0.39 is 0 Å². The molecule has 0 aliphatic rings. The number of hydrogen-bond acceptors (Lipinski definition) is 4. The summed E-state index contributed by atoms with van der Waals surface area (Å²) in [6.07, 6.45) is 0. The van der Waals surface area contributed by atoms with Crippen molar-refractivity contribution in [1.29, 1.82) is 0 Å². The maximum Gasteiger partial charge on any atom is 0.255 e. The molecule has 1 aromatic heterocycles. The molecule has 3 aromatic carbocycles. The largest absolute Gasteiger partial charge is 0.496 e. The second-order valence-corrected chi connectivity index (χ2v) is 6.64. The highest BCUT2D eigenvalue weighted by Crippen LogP contribution is 2.30. The summed E-state index contributed by atoms with van der Waals surface area (Å²) in [6, 6.07) is 18.8. The summed E-state index contributed by atoms with van der Waals surface area (Å²) in [5, 5.41) is 2.93. The van der Waals surface area contributed by atoms with Gasteiger partial charge in [-0.15, -0.1) is 0 Å². The molecule has 1 amide bonds. The Hall–Kier alpha value is -3.80. The SMILES string of the molecule is COc1cc(C(=O)Nc2cccc(-c3nc4ccccc4[nH]3)c2)cc(OC)c1C. The van der Waals surface area contributed by atoms with Crippen LogP contribution in [0.5, 0.6) is 11.5 Å². The van der Waals surface area contributed by atoms with Gasteiger partial charge >= 0.3 is 0 Å². The van der Waals surface area contributed by atoms with Crippen LogP contribution in [0.4, 0.5) is 5.69 Å². The third-order valence-corrected chi connectivity index (χ3v) is 4.80. The topological polar surface area (TPSA) is 76.2 Å². The summed E-state index contributed by atoms with van der Waals surface area (Å²) in [5.74, 6) is 1.71. The smallest absolute Gasteiger partial charge is 0.255 e. The van der Waals surface area contributed by atoms with Gasteiger partial charge in [0.2, 0.25) is 0 Å². The van der Waals surface area contributed by atoms with Crippen LogP contribution in [0.2, 0.25) is 0 Å². The van der Waals surface area contributed by atoms with Crippen molar-refractivity contribution in [3.05, 3.63) is 71.8 Å². The van der Waals surface area contributed by atoms with Crippen LogP contribution in [0, 0.1) is 6.92 Å². The molecule has 0 atom stereocenters. The lowest BCUT2D eigenvalue weighted by atomic mass is 10.1. The lowest BCUT2D eigenvalue weighted by Crippen LogP contribution is -2.12. The summed E-state index contributed by atoms with van der Waals surface area (Å²) in [4.78, 5) is 20.7. The minimum atomic E-state index is -0.247. The zero-order valence-corrected chi connectivity index (χ0v) is 16.4. The molecule has 6 heteroatoms. The first-order chi connectivity index (χ1) is 14.1. The Bertz CT molecular complexity index is 1140. The van der Waals surface area contributed by atoms with Crippen molar-refractivity contribution in [2.24, 2.45) is 0 Å². The Morgan fingerprint density at radius 3 is 2.38 bits per heavy atom. The van der Waals surface area contributed by atoms with Gasteiger partial charge in [0.15, 0.2) is 0 Å². The molecule has 0 aliphatic carbocycles. The highest BCUT2D eigenvalue weighted by molar-refractivity contribution is 6.05. The molecule has 6 nitrogen and oxygen atoms in total. The number of benzene rings is 3.